The Morgan fingerprint density at radius 1 is 1.00 bits per heavy atom. The number of hydrogen-bond acceptors (Lipinski definition) is 4. The average Bonchev–Trinajstić information content (AvgIpc) is 2.59. The van der Waals surface area contributed by atoms with Crippen LogP contribution in [0, 0.1) is 3.95 Å². The summed E-state index contributed by atoms with van der Waals surface area (Å²) < 4.78 is 2.34. The van der Waals surface area contributed by atoms with E-state index < -0.39 is 0 Å². The Bertz CT molecular complexity index is 1240. The Balaban J connectivity index is 2.10. The summed E-state index contributed by atoms with van der Waals surface area (Å²) in [5.41, 5.74) is 1.15. The van der Waals surface area contributed by atoms with Gasteiger partial charge in [-0.25, -0.2) is 0 Å². The zero-order chi connectivity index (χ0) is 16.7. The molecule has 0 saturated carbocycles. The van der Waals surface area contributed by atoms with Crippen LogP contribution in [-0.2, 0) is 6.54 Å². The minimum atomic E-state index is -0.274. The zero-order valence-electron chi connectivity index (χ0n) is 12.5. The largest absolute Gasteiger partial charge is 0.321 e. The van der Waals surface area contributed by atoms with E-state index >= 15 is 0 Å². The van der Waals surface area contributed by atoms with Gasteiger partial charge in [0.25, 0.3) is 11.1 Å². The first kappa shape index (κ1) is 15.0. The second-order valence-corrected chi connectivity index (χ2v) is 7.09. The lowest BCUT2D eigenvalue weighted by Gasteiger charge is -2.09. The van der Waals surface area contributed by atoms with Gasteiger partial charge in [-0.05, 0) is 23.8 Å². The molecule has 2 heterocycles. The van der Waals surface area contributed by atoms with E-state index in [-0.39, 0.29) is 11.1 Å². The molecule has 0 unspecified atom stereocenters. The van der Waals surface area contributed by atoms with Crippen LogP contribution in [0.3, 0.4) is 0 Å². The van der Waals surface area contributed by atoms with E-state index in [4.69, 9.17) is 12.2 Å². The molecule has 0 fully saturated rings. The van der Waals surface area contributed by atoms with E-state index in [2.05, 4.69) is 4.98 Å². The Labute approximate surface area is 145 Å². The van der Waals surface area contributed by atoms with Crippen LogP contribution in [0.1, 0.15) is 5.56 Å². The van der Waals surface area contributed by atoms with E-state index in [1.807, 2.05) is 48.5 Å². The highest BCUT2D eigenvalue weighted by Crippen LogP contribution is 2.21. The van der Waals surface area contributed by atoms with Gasteiger partial charge in [0.15, 0.2) is 3.95 Å². The van der Waals surface area contributed by atoms with Gasteiger partial charge in [-0.15, -0.1) is 11.3 Å². The number of pyridine rings is 1. The van der Waals surface area contributed by atoms with Gasteiger partial charge >= 0.3 is 0 Å². The van der Waals surface area contributed by atoms with Gasteiger partial charge in [0.2, 0.25) is 0 Å². The number of benzene rings is 2. The van der Waals surface area contributed by atoms with E-state index in [0.717, 1.165) is 10.9 Å². The number of aromatic amines is 1. The van der Waals surface area contributed by atoms with Crippen molar-refractivity contribution in [2.75, 3.05) is 0 Å². The normalized spacial score (nSPS) is 11.2. The van der Waals surface area contributed by atoms with Crippen molar-refractivity contribution in [1.82, 2.24) is 9.55 Å². The summed E-state index contributed by atoms with van der Waals surface area (Å²) in [4.78, 5) is 28.2. The van der Waals surface area contributed by atoms with Crippen LogP contribution < -0.4 is 11.1 Å². The number of hydrogen-bond donors (Lipinski definition) is 1. The number of fused-ring (bicyclic) bond motifs is 3. The highest BCUT2D eigenvalue weighted by atomic mass is 32.1. The zero-order valence-corrected chi connectivity index (χ0v) is 14.1. The van der Waals surface area contributed by atoms with E-state index in [1.165, 1.54) is 11.3 Å². The van der Waals surface area contributed by atoms with Gasteiger partial charge in [-0.1, -0.05) is 48.5 Å². The van der Waals surface area contributed by atoms with Crippen LogP contribution in [0.5, 0.6) is 0 Å². The molecule has 0 bridgehead atoms. The molecule has 1 N–H and O–H groups in total. The lowest BCUT2D eigenvalue weighted by Crippen LogP contribution is -2.23. The molecule has 0 aliphatic rings. The van der Waals surface area contributed by atoms with E-state index in [1.54, 1.807) is 10.6 Å². The molecule has 0 spiro atoms. The molecule has 0 aliphatic carbocycles. The van der Waals surface area contributed by atoms with Crippen molar-refractivity contribution in [2.24, 2.45) is 0 Å². The van der Waals surface area contributed by atoms with Gasteiger partial charge in [-0.3, -0.25) is 14.2 Å². The first-order valence-corrected chi connectivity index (χ1v) is 8.60. The summed E-state index contributed by atoms with van der Waals surface area (Å²) in [7, 11) is 0. The fourth-order valence-corrected chi connectivity index (χ4v) is 4.07. The quantitative estimate of drug-likeness (QED) is 0.442. The standard InChI is InChI=1S/C18H12N2O2S2/c21-16-15-14(12-8-4-5-9-13(12)19-16)17(22)20(18(23)24-15)10-11-6-2-1-3-7-11/h1-9H,10H2,(H,19,21). The third kappa shape index (κ3) is 2.40. The molecule has 4 rings (SSSR count). The fourth-order valence-electron chi connectivity index (χ4n) is 2.80. The maximum absolute atomic E-state index is 13.1. The second-order valence-electron chi connectivity index (χ2n) is 5.45. The van der Waals surface area contributed by atoms with E-state index in [9.17, 15) is 9.59 Å². The minimum absolute atomic E-state index is 0.222. The lowest BCUT2D eigenvalue weighted by molar-refractivity contribution is 0.769. The Morgan fingerprint density at radius 3 is 2.50 bits per heavy atom. The third-order valence-corrected chi connectivity index (χ3v) is 5.39. The highest BCUT2D eigenvalue weighted by molar-refractivity contribution is 7.73. The monoisotopic (exact) mass is 352 g/mol. The van der Waals surface area contributed by atoms with Gasteiger partial charge in [0.05, 0.1) is 11.9 Å². The van der Waals surface area contributed by atoms with E-state index in [0.29, 0.717) is 26.1 Å². The molecule has 4 nitrogen and oxygen atoms in total. The summed E-state index contributed by atoms with van der Waals surface area (Å²) in [6.07, 6.45) is 0. The highest BCUT2D eigenvalue weighted by Gasteiger charge is 2.13. The third-order valence-electron chi connectivity index (χ3n) is 3.93. The summed E-state index contributed by atoms with van der Waals surface area (Å²) in [6.45, 7) is 0.395. The summed E-state index contributed by atoms with van der Waals surface area (Å²) in [5, 5.41) is 1.18. The summed E-state index contributed by atoms with van der Waals surface area (Å²) in [6, 6.07) is 17.0. The molecule has 0 saturated heterocycles. The molecule has 0 radical (unpaired) electrons. The van der Waals surface area contributed by atoms with Crippen LogP contribution in [0.2, 0.25) is 0 Å². The number of nitrogens with one attached hydrogen (secondary N) is 1. The molecular formula is C18H12N2O2S2. The van der Waals surface area contributed by atoms with Crippen molar-refractivity contribution in [3.05, 3.63) is 84.8 Å². The molecule has 118 valence electrons. The molecule has 0 aliphatic heterocycles. The smallest absolute Gasteiger partial charge is 0.266 e. The molecule has 0 amide bonds. The molecular weight excluding hydrogens is 340 g/mol. The van der Waals surface area contributed by atoms with Gasteiger partial charge in [-0.2, -0.15) is 0 Å². The number of nitrogens with zero attached hydrogens (tertiary/aromatic N) is 1. The van der Waals surface area contributed by atoms with Crippen molar-refractivity contribution < 1.29 is 0 Å². The predicted molar refractivity (Wildman–Crippen MR) is 101 cm³/mol. The topological polar surface area (TPSA) is 54.9 Å². The first-order chi connectivity index (χ1) is 11.6. The van der Waals surface area contributed by atoms with Crippen LogP contribution in [-0.4, -0.2) is 9.55 Å². The molecule has 2 aromatic heterocycles. The molecule has 6 heteroatoms. The Hall–Kier alpha value is -2.57. The maximum atomic E-state index is 13.1. The SMILES string of the molecule is O=c1[nH]c2ccccc2c2c(=O)n(Cc3ccccc3)c(=S)sc12. The first-order valence-electron chi connectivity index (χ1n) is 7.38. The van der Waals surface area contributed by atoms with Crippen molar-refractivity contribution in [1.29, 1.82) is 0 Å². The molecule has 0 atom stereocenters. The van der Waals surface area contributed by atoms with Gasteiger partial charge in [0.1, 0.15) is 4.70 Å². The summed E-state index contributed by atoms with van der Waals surface area (Å²) in [5.74, 6) is 0. The Morgan fingerprint density at radius 2 is 1.71 bits per heavy atom. The number of aromatic nitrogens is 2. The van der Waals surface area contributed by atoms with Crippen molar-refractivity contribution in [2.45, 2.75) is 6.54 Å². The number of para-hydroxylation sites is 1. The molecule has 4 aromatic rings. The summed E-state index contributed by atoms with van der Waals surface area (Å²) >= 11 is 6.55. The Kier molecular flexibility index (Phi) is 3.63. The van der Waals surface area contributed by atoms with Crippen LogP contribution in [0.25, 0.3) is 21.0 Å². The molecule has 2 aromatic carbocycles. The van der Waals surface area contributed by atoms with Crippen molar-refractivity contribution >= 4 is 44.5 Å². The minimum Gasteiger partial charge on any atom is -0.321 e. The van der Waals surface area contributed by atoms with Gasteiger partial charge < -0.3 is 4.98 Å². The van der Waals surface area contributed by atoms with Crippen LogP contribution >= 0.6 is 23.6 Å². The fraction of sp³-hybridized carbons (Fsp3) is 0.0556. The second kappa shape index (κ2) is 5.81. The van der Waals surface area contributed by atoms with Gasteiger partial charge in [0, 0.05) is 10.9 Å². The van der Waals surface area contributed by atoms with Crippen LogP contribution in [0.4, 0.5) is 0 Å². The van der Waals surface area contributed by atoms with Crippen molar-refractivity contribution in [3.8, 4) is 0 Å². The average molecular weight is 352 g/mol. The number of rotatable bonds is 2. The maximum Gasteiger partial charge on any atom is 0.266 e. The lowest BCUT2D eigenvalue weighted by atomic mass is 10.1. The molecule has 24 heavy (non-hydrogen) atoms. The predicted octanol–water partition coefficient (Wildman–Crippen LogP) is 3.68. The van der Waals surface area contributed by atoms with Crippen LogP contribution in [0.15, 0.2) is 64.2 Å². The van der Waals surface area contributed by atoms with Crippen molar-refractivity contribution in [3.63, 3.8) is 0 Å². The number of H-pyrrole nitrogens is 1.